The Bertz CT molecular complexity index is 766. The highest BCUT2D eigenvalue weighted by Crippen LogP contribution is 2.27. The van der Waals surface area contributed by atoms with Gasteiger partial charge in [-0.3, -0.25) is 9.36 Å². The number of hydrogen-bond acceptors (Lipinski definition) is 6. The van der Waals surface area contributed by atoms with Gasteiger partial charge in [-0.25, -0.2) is 0 Å². The Kier molecular flexibility index (Phi) is 5.75. The topological polar surface area (TPSA) is 69.5 Å². The van der Waals surface area contributed by atoms with Crippen LogP contribution in [0.4, 0.5) is 0 Å². The summed E-state index contributed by atoms with van der Waals surface area (Å²) in [5.74, 6) is 0.907. The second kappa shape index (κ2) is 8.41. The molecule has 144 valence electrons. The number of rotatable bonds is 5. The van der Waals surface area contributed by atoms with Gasteiger partial charge in [0.1, 0.15) is 6.33 Å². The second-order valence-electron chi connectivity index (χ2n) is 6.94. The van der Waals surface area contributed by atoms with Gasteiger partial charge >= 0.3 is 0 Å². The number of nitrogens with zero attached hydrogens (tertiary/aromatic N) is 4. The summed E-state index contributed by atoms with van der Waals surface area (Å²) in [5.41, 5.74) is 2.20. The van der Waals surface area contributed by atoms with E-state index in [0.717, 1.165) is 36.8 Å². The standard InChI is InChI=1S/C19H24N4O3S/c1-14-2-4-16(5-3-14)23-13-20-21-19(23)27-12-17(24)22-8-6-15(7-9-22)18-25-10-11-26-18/h2-5,13,15,18H,6-12H2,1H3. The molecule has 0 unspecified atom stereocenters. The lowest BCUT2D eigenvalue weighted by Gasteiger charge is -2.33. The molecule has 2 aliphatic heterocycles. The fourth-order valence-electron chi connectivity index (χ4n) is 3.49. The van der Waals surface area contributed by atoms with E-state index in [-0.39, 0.29) is 12.2 Å². The third-order valence-corrected chi connectivity index (χ3v) is 6.01. The molecule has 7 nitrogen and oxygen atoms in total. The molecule has 3 heterocycles. The van der Waals surface area contributed by atoms with Gasteiger partial charge in [0.15, 0.2) is 11.4 Å². The van der Waals surface area contributed by atoms with Gasteiger partial charge in [0.25, 0.3) is 0 Å². The van der Waals surface area contributed by atoms with E-state index in [9.17, 15) is 4.79 Å². The number of carbonyl (C=O) groups excluding carboxylic acids is 1. The molecule has 0 N–H and O–H groups in total. The molecule has 2 fully saturated rings. The summed E-state index contributed by atoms with van der Waals surface area (Å²) >= 11 is 1.43. The van der Waals surface area contributed by atoms with Crippen molar-refractivity contribution < 1.29 is 14.3 Å². The van der Waals surface area contributed by atoms with Crippen LogP contribution in [0.15, 0.2) is 35.7 Å². The number of benzene rings is 1. The van der Waals surface area contributed by atoms with Crippen LogP contribution < -0.4 is 0 Å². The number of aromatic nitrogens is 3. The quantitative estimate of drug-likeness (QED) is 0.732. The molecular weight excluding hydrogens is 364 g/mol. The van der Waals surface area contributed by atoms with E-state index in [1.54, 1.807) is 6.33 Å². The third-order valence-electron chi connectivity index (χ3n) is 5.08. The first-order valence-electron chi connectivity index (χ1n) is 9.31. The fraction of sp³-hybridized carbons (Fsp3) is 0.526. The van der Waals surface area contributed by atoms with E-state index in [0.29, 0.717) is 24.9 Å². The van der Waals surface area contributed by atoms with Gasteiger partial charge in [0, 0.05) is 24.7 Å². The van der Waals surface area contributed by atoms with Crippen molar-refractivity contribution in [1.29, 1.82) is 0 Å². The molecule has 2 aromatic rings. The number of amides is 1. The molecule has 1 aromatic heterocycles. The molecule has 2 saturated heterocycles. The number of aryl methyl sites for hydroxylation is 1. The molecule has 0 atom stereocenters. The molecule has 2 aliphatic rings. The lowest BCUT2D eigenvalue weighted by molar-refractivity contribution is -0.134. The van der Waals surface area contributed by atoms with Crippen LogP contribution in [0.3, 0.4) is 0 Å². The molecule has 8 heteroatoms. The average molecular weight is 388 g/mol. The maximum Gasteiger partial charge on any atom is 0.233 e. The minimum absolute atomic E-state index is 0.0790. The monoisotopic (exact) mass is 388 g/mol. The summed E-state index contributed by atoms with van der Waals surface area (Å²) in [5, 5.41) is 8.90. The number of thioether (sulfide) groups is 1. The summed E-state index contributed by atoms with van der Waals surface area (Å²) < 4.78 is 13.1. The molecule has 27 heavy (non-hydrogen) atoms. The van der Waals surface area contributed by atoms with E-state index < -0.39 is 0 Å². The number of likely N-dealkylation sites (tertiary alicyclic amines) is 1. The van der Waals surface area contributed by atoms with Gasteiger partial charge in [0.2, 0.25) is 5.91 Å². The van der Waals surface area contributed by atoms with Crippen LogP contribution in [-0.4, -0.2) is 63.9 Å². The smallest absolute Gasteiger partial charge is 0.233 e. The van der Waals surface area contributed by atoms with Crippen LogP contribution in [-0.2, 0) is 14.3 Å². The molecule has 0 spiro atoms. The first-order chi connectivity index (χ1) is 13.2. The van der Waals surface area contributed by atoms with Crippen molar-refractivity contribution >= 4 is 17.7 Å². The molecule has 0 aliphatic carbocycles. The molecule has 0 radical (unpaired) electrons. The van der Waals surface area contributed by atoms with Gasteiger partial charge in [-0.2, -0.15) is 0 Å². The van der Waals surface area contributed by atoms with Crippen molar-refractivity contribution in [1.82, 2.24) is 19.7 Å². The zero-order chi connectivity index (χ0) is 18.6. The van der Waals surface area contributed by atoms with Crippen molar-refractivity contribution in [2.75, 3.05) is 32.1 Å². The van der Waals surface area contributed by atoms with Crippen molar-refractivity contribution in [3.8, 4) is 5.69 Å². The van der Waals surface area contributed by atoms with Crippen LogP contribution in [0.5, 0.6) is 0 Å². The predicted octanol–water partition coefficient (Wildman–Crippen LogP) is 2.28. The maximum absolute atomic E-state index is 12.6. The summed E-state index contributed by atoms with van der Waals surface area (Å²) in [6.07, 6.45) is 3.47. The Morgan fingerprint density at radius 3 is 2.59 bits per heavy atom. The summed E-state index contributed by atoms with van der Waals surface area (Å²) in [4.78, 5) is 14.5. The number of piperidine rings is 1. The van der Waals surface area contributed by atoms with Crippen molar-refractivity contribution in [3.05, 3.63) is 36.2 Å². The number of carbonyl (C=O) groups is 1. The largest absolute Gasteiger partial charge is 0.350 e. The predicted molar refractivity (Wildman–Crippen MR) is 102 cm³/mol. The third kappa shape index (κ3) is 4.34. The number of hydrogen-bond donors (Lipinski definition) is 0. The van der Waals surface area contributed by atoms with Crippen molar-refractivity contribution in [3.63, 3.8) is 0 Å². The van der Waals surface area contributed by atoms with Crippen LogP contribution in [0, 0.1) is 12.8 Å². The normalized spacial score (nSPS) is 18.9. The molecule has 1 amide bonds. The minimum atomic E-state index is -0.0790. The highest BCUT2D eigenvalue weighted by Gasteiger charge is 2.31. The Balaban J connectivity index is 1.30. The van der Waals surface area contributed by atoms with Crippen molar-refractivity contribution in [2.24, 2.45) is 5.92 Å². The van der Waals surface area contributed by atoms with Gasteiger partial charge in [0.05, 0.1) is 19.0 Å². The fourth-order valence-corrected chi connectivity index (χ4v) is 4.32. The van der Waals surface area contributed by atoms with Gasteiger partial charge in [-0.15, -0.1) is 10.2 Å². The van der Waals surface area contributed by atoms with Gasteiger partial charge < -0.3 is 14.4 Å². The van der Waals surface area contributed by atoms with E-state index in [4.69, 9.17) is 9.47 Å². The average Bonchev–Trinajstić information content (AvgIpc) is 3.39. The first kappa shape index (κ1) is 18.5. The molecular formula is C19H24N4O3S. The summed E-state index contributed by atoms with van der Waals surface area (Å²) in [7, 11) is 0. The summed E-state index contributed by atoms with van der Waals surface area (Å²) in [6.45, 7) is 4.94. The molecule has 0 bridgehead atoms. The summed E-state index contributed by atoms with van der Waals surface area (Å²) in [6, 6.07) is 8.17. The van der Waals surface area contributed by atoms with Gasteiger partial charge in [-0.05, 0) is 31.9 Å². The molecule has 0 saturated carbocycles. The zero-order valence-electron chi connectivity index (χ0n) is 15.4. The minimum Gasteiger partial charge on any atom is -0.350 e. The highest BCUT2D eigenvalue weighted by atomic mass is 32.2. The second-order valence-corrected chi connectivity index (χ2v) is 7.88. The van der Waals surface area contributed by atoms with E-state index >= 15 is 0 Å². The van der Waals surface area contributed by atoms with Crippen LogP contribution in [0.1, 0.15) is 18.4 Å². The zero-order valence-corrected chi connectivity index (χ0v) is 16.2. The first-order valence-corrected chi connectivity index (χ1v) is 10.3. The van der Waals surface area contributed by atoms with Crippen LogP contribution in [0.25, 0.3) is 5.69 Å². The Hall–Kier alpha value is -1.90. The van der Waals surface area contributed by atoms with E-state index in [1.807, 2.05) is 21.6 Å². The Morgan fingerprint density at radius 1 is 1.19 bits per heavy atom. The lowest BCUT2D eigenvalue weighted by atomic mass is 9.96. The Morgan fingerprint density at radius 2 is 1.89 bits per heavy atom. The van der Waals surface area contributed by atoms with E-state index in [1.165, 1.54) is 17.3 Å². The number of ether oxygens (including phenoxy) is 2. The van der Waals surface area contributed by atoms with Crippen LogP contribution >= 0.6 is 11.8 Å². The Labute approximate surface area is 163 Å². The highest BCUT2D eigenvalue weighted by molar-refractivity contribution is 7.99. The van der Waals surface area contributed by atoms with Crippen LogP contribution in [0.2, 0.25) is 0 Å². The van der Waals surface area contributed by atoms with Crippen molar-refractivity contribution in [2.45, 2.75) is 31.2 Å². The molecule has 4 rings (SSSR count). The van der Waals surface area contributed by atoms with E-state index in [2.05, 4.69) is 29.3 Å². The lowest BCUT2D eigenvalue weighted by Crippen LogP contribution is -2.42. The van der Waals surface area contributed by atoms with Gasteiger partial charge in [-0.1, -0.05) is 29.5 Å². The maximum atomic E-state index is 12.6. The SMILES string of the molecule is Cc1ccc(-n2cnnc2SCC(=O)N2CCC(C3OCCO3)CC2)cc1. The molecule has 1 aromatic carbocycles.